The topological polar surface area (TPSA) is 49.6 Å². The van der Waals surface area contributed by atoms with E-state index < -0.39 is 0 Å². The maximum absolute atomic E-state index is 11.6. The highest BCUT2D eigenvalue weighted by Crippen LogP contribution is 2.26. The Morgan fingerprint density at radius 1 is 1.28 bits per heavy atom. The zero-order valence-corrected chi connectivity index (χ0v) is 12.0. The van der Waals surface area contributed by atoms with Gasteiger partial charge in [-0.3, -0.25) is 4.79 Å². The minimum Gasteiger partial charge on any atom is -0.343 e. The third-order valence-electron chi connectivity index (χ3n) is 3.93. The molecule has 2 aliphatic rings. The molecule has 2 N–H and O–H groups in total. The van der Waals surface area contributed by atoms with Gasteiger partial charge in [-0.15, -0.1) is 0 Å². The van der Waals surface area contributed by atoms with Crippen LogP contribution in [-0.2, 0) is 4.79 Å². The standard InChI is InChI=1S/C13H24N2O.CH5N/c1-14(11-12-5-2-6-12)8-3-7-13(16)15-9-4-10-15;1-2/h12H,2-11H2,1H3;2H2,1H3. The van der Waals surface area contributed by atoms with Gasteiger partial charge in [0.25, 0.3) is 0 Å². The van der Waals surface area contributed by atoms with Gasteiger partial charge in [0.05, 0.1) is 0 Å². The minimum atomic E-state index is 0.364. The Morgan fingerprint density at radius 2 is 1.94 bits per heavy atom. The van der Waals surface area contributed by atoms with E-state index in [2.05, 4.69) is 17.7 Å². The van der Waals surface area contributed by atoms with Crippen molar-refractivity contribution in [2.75, 3.05) is 40.3 Å². The Balaban J connectivity index is 0.000000771. The van der Waals surface area contributed by atoms with Crippen LogP contribution in [0, 0.1) is 5.92 Å². The first kappa shape index (κ1) is 15.4. The fraction of sp³-hybridized carbons (Fsp3) is 0.929. The van der Waals surface area contributed by atoms with Gasteiger partial charge in [0.2, 0.25) is 5.91 Å². The van der Waals surface area contributed by atoms with E-state index in [0.717, 1.165) is 38.4 Å². The molecule has 0 aromatic heterocycles. The maximum atomic E-state index is 11.6. The normalized spacial score (nSPS) is 18.8. The molecule has 18 heavy (non-hydrogen) atoms. The zero-order valence-electron chi connectivity index (χ0n) is 12.0. The fourth-order valence-electron chi connectivity index (χ4n) is 2.43. The van der Waals surface area contributed by atoms with Crippen LogP contribution in [0.25, 0.3) is 0 Å². The molecule has 1 saturated heterocycles. The largest absolute Gasteiger partial charge is 0.343 e. The average Bonchev–Trinajstić information content (AvgIpc) is 2.24. The Bertz CT molecular complexity index is 237. The number of nitrogens with zero attached hydrogens (tertiary/aromatic N) is 2. The monoisotopic (exact) mass is 255 g/mol. The number of nitrogens with two attached hydrogens (primary N) is 1. The summed E-state index contributed by atoms with van der Waals surface area (Å²) in [7, 11) is 3.69. The van der Waals surface area contributed by atoms with E-state index in [1.165, 1.54) is 39.3 Å². The number of hydrogen-bond acceptors (Lipinski definition) is 3. The number of carbonyl (C=O) groups excluding carboxylic acids is 1. The number of amides is 1. The molecule has 0 spiro atoms. The molecular weight excluding hydrogens is 226 g/mol. The van der Waals surface area contributed by atoms with Gasteiger partial charge in [-0.1, -0.05) is 6.42 Å². The highest BCUT2D eigenvalue weighted by atomic mass is 16.2. The van der Waals surface area contributed by atoms with Crippen molar-refractivity contribution < 1.29 is 4.79 Å². The van der Waals surface area contributed by atoms with E-state index in [4.69, 9.17) is 0 Å². The van der Waals surface area contributed by atoms with Gasteiger partial charge in [0.15, 0.2) is 0 Å². The van der Waals surface area contributed by atoms with Crippen LogP contribution < -0.4 is 5.73 Å². The molecular formula is C14H29N3O. The van der Waals surface area contributed by atoms with Gasteiger partial charge in [-0.25, -0.2) is 0 Å². The second-order valence-corrected chi connectivity index (χ2v) is 5.40. The molecule has 0 aromatic rings. The van der Waals surface area contributed by atoms with Crippen molar-refractivity contribution in [1.29, 1.82) is 0 Å². The van der Waals surface area contributed by atoms with Crippen LogP contribution in [0.2, 0.25) is 0 Å². The molecule has 4 heteroatoms. The predicted octanol–water partition coefficient (Wildman–Crippen LogP) is 1.31. The summed E-state index contributed by atoms with van der Waals surface area (Å²) in [6.45, 7) is 4.31. The van der Waals surface area contributed by atoms with E-state index in [0.29, 0.717) is 5.91 Å². The summed E-state index contributed by atoms with van der Waals surface area (Å²) in [6, 6.07) is 0. The SMILES string of the molecule is CN.CN(CCCC(=O)N1CCC1)CC1CCC1. The van der Waals surface area contributed by atoms with Crippen molar-refractivity contribution in [2.24, 2.45) is 11.7 Å². The molecule has 2 fully saturated rings. The molecule has 1 saturated carbocycles. The Morgan fingerprint density at radius 3 is 2.39 bits per heavy atom. The summed E-state index contributed by atoms with van der Waals surface area (Å²) < 4.78 is 0. The number of rotatable bonds is 6. The van der Waals surface area contributed by atoms with Crippen molar-refractivity contribution in [3.63, 3.8) is 0 Å². The minimum absolute atomic E-state index is 0.364. The second kappa shape index (κ2) is 8.48. The average molecular weight is 255 g/mol. The van der Waals surface area contributed by atoms with Gasteiger partial charge < -0.3 is 15.5 Å². The van der Waals surface area contributed by atoms with Crippen LogP contribution in [0.5, 0.6) is 0 Å². The molecule has 0 atom stereocenters. The fourth-order valence-corrected chi connectivity index (χ4v) is 2.43. The van der Waals surface area contributed by atoms with E-state index in [1.807, 2.05) is 4.90 Å². The summed E-state index contributed by atoms with van der Waals surface area (Å²) in [5, 5.41) is 0. The highest BCUT2D eigenvalue weighted by molar-refractivity contribution is 5.76. The summed E-state index contributed by atoms with van der Waals surface area (Å²) >= 11 is 0. The summed E-state index contributed by atoms with van der Waals surface area (Å²) in [5.41, 5.74) is 4.50. The first-order valence-electron chi connectivity index (χ1n) is 7.30. The molecule has 1 aliphatic heterocycles. The molecule has 2 rings (SSSR count). The lowest BCUT2D eigenvalue weighted by Crippen LogP contribution is -2.42. The predicted molar refractivity (Wildman–Crippen MR) is 75.4 cm³/mol. The zero-order chi connectivity index (χ0) is 13.4. The van der Waals surface area contributed by atoms with Crippen LogP contribution in [-0.4, -0.2) is 56.0 Å². The molecule has 1 heterocycles. The van der Waals surface area contributed by atoms with Gasteiger partial charge in [0, 0.05) is 26.1 Å². The van der Waals surface area contributed by atoms with Crippen molar-refractivity contribution >= 4 is 5.91 Å². The van der Waals surface area contributed by atoms with E-state index in [-0.39, 0.29) is 0 Å². The first-order valence-corrected chi connectivity index (χ1v) is 7.30. The molecule has 1 amide bonds. The third-order valence-corrected chi connectivity index (χ3v) is 3.93. The van der Waals surface area contributed by atoms with Gasteiger partial charge in [0.1, 0.15) is 0 Å². The van der Waals surface area contributed by atoms with Crippen molar-refractivity contribution in [2.45, 2.75) is 38.5 Å². The van der Waals surface area contributed by atoms with Gasteiger partial charge in [-0.05, 0) is 52.2 Å². The van der Waals surface area contributed by atoms with Crippen LogP contribution in [0.3, 0.4) is 0 Å². The Hall–Kier alpha value is -0.610. The molecule has 1 aliphatic carbocycles. The van der Waals surface area contributed by atoms with Crippen molar-refractivity contribution in [3.8, 4) is 0 Å². The maximum Gasteiger partial charge on any atom is 0.222 e. The van der Waals surface area contributed by atoms with Crippen molar-refractivity contribution in [3.05, 3.63) is 0 Å². The second-order valence-electron chi connectivity index (χ2n) is 5.40. The molecule has 0 aromatic carbocycles. The van der Waals surface area contributed by atoms with Gasteiger partial charge in [-0.2, -0.15) is 0 Å². The molecule has 4 nitrogen and oxygen atoms in total. The quantitative estimate of drug-likeness (QED) is 0.778. The van der Waals surface area contributed by atoms with E-state index >= 15 is 0 Å². The highest BCUT2D eigenvalue weighted by Gasteiger charge is 2.21. The van der Waals surface area contributed by atoms with E-state index in [9.17, 15) is 4.79 Å². The number of carbonyl (C=O) groups is 1. The smallest absolute Gasteiger partial charge is 0.222 e. The molecule has 0 bridgehead atoms. The lowest BCUT2D eigenvalue weighted by atomic mass is 9.85. The lowest BCUT2D eigenvalue weighted by Gasteiger charge is -2.32. The molecule has 106 valence electrons. The van der Waals surface area contributed by atoms with Crippen LogP contribution in [0.15, 0.2) is 0 Å². The first-order chi connectivity index (χ1) is 8.75. The molecule has 0 unspecified atom stereocenters. The Kier molecular flexibility index (Phi) is 7.28. The number of hydrogen-bond donors (Lipinski definition) is 1. The van der Waals surface area contributed by atoms with Gasteiger partial charge >= 0.3 is 0 Å². The molecule has 0 radical (unpaired) electrons. The van der Waals surface area contributed by atoms with E-state index in [1.54, 1.807) is 0 Å². The third kappa shape index (κ3) is 4.94. The summed E-state index contributed by atoms with van der Waals surface area (Å²) in [6.07, 6.45) is 7.22. The van der Waals surface area contributed by atoms with Crippen LogP contribution in [0.1, 0.15) is 38.5 Å². The Labute approximate surface area is 111 Å². The summed E-state index contributed by atoms with van der Waals surface area (Å²) in [4.78, 5) is 16.0. The number of likely N-dealkylation sites (tertiary alicyclic amines) is 1. The van der Waals surface area contributed by atoms with Crippen molar-refractivity contribution in [1.82, 2.24) is 9.80 Å². The van der Waals surface area contributed by atoms with Crippen LogP contribution >= 0.6 is 0 Å². The summed E-state index contributed by atoms with van der Waals surface area (Å²) in [5.74, 6) is 1.30. The lowest BCUT2D eigenvalue weighted by molar-refractivity contribution is -0.134. The van der Waals surface area contributed by atoms with Crippen LogP contribution in [0.4, 0.5) is 0 Å².